The molecule has 0 spiro atoms. The molecule has 0 aromatic carbocycles. The highest BCUT2D eigenvalue weighted by atomic mass is 16.5. The summed E-state index contributed by atoms with van der Waals surface area (Å²) in [5.74, 6) is 0.695. The predicted octanol–water partition coefficient (Wildman–Crippen LogP) is 0.725. The van der Waals surface area contributed by atoms with Crippen molar-refractivity contribution in [3.8, 4) is 5.75 Å². The maximum absolute atomic E-state index is 8.74. The molecular weight excluding hydrogens is 182 g/mol. The highest BCUT2D eigenvalue weighted by Gasteiger charge is 1.95. The third-order valence-electron chi connectivity index (χ3n) is 1.78. The maximum atomic E-state index is 8.74. The van der Waals surface area contributed by atoms with Crippen LogP contribution in [0.1, 0.15) is 18.5 Å². The van der Waals surface area contributed by atoms with Gasteiger partial charge in [-0.05, 0) is 25.0 Å². The van der Waals surface area contributed by atoms with E-state index in [9.17, 15) is 0 Å². The fraction of sp³-hybridized carbons (Fsp3) is 0.500. The van der Waals surface area contributed by atoms with Crippen LogP contribution in [0.15, 0.2) is 18.3 Å². The number of aromatic nitrogens is 1. The smallest absolute Gasteiger partial charge is 0.137 e. The summed E-state index contributed by atoms with van der Waals surface area (Å²) < 4.78 is 5.35. The fourth-order valence-corrected chi connectivity index (χ4v) is 0.994. The van der Waals surface area contributed by atoms with E-state index < -0.39 is 0 Å². The molecule has 78 valence electrons. The van der Waals surface area contributed by atoms with E-state index in [1.807, 2.05) is 0 Å². The van der Waals surface area contributed by atoms with Crippen molar-refractivity contribution in [1.82, 2.24) is 4.98 Å². The largest absolute Gasteiger partial charge is 0.492 e. The van der Waals surface area contributed by atoms with Gasteiger partial charge in [0.2, 0.25) is 0 Å². The first-order chi connectivity index (χ1) is 6.86. The Bertz CT molecular complexity index is 248. The van der Waals surface area contributed by atoms with Gasteiger partial charge < -0.3 is 14.9 Å². The van der Waals surface area contributed by atoms with Gasteiger partial charge in [0, 0.05) is 6.61 Å². The van der Waals surface area contributed by atoms with E-state index in [2.05, 4.69) is 4.98 Å². The van der Waals surface area contributed by atoms with Crippen LogP contribution in [0.4, 0.5) is 0 Å². The Morgan fingerprint density at radius 1 is 1.21 bits per heavy atom. The van der Waals surface area contributed by atoms with E-state index in [0.717, 1.165) is 12.8 Å². The van der Waals surface area contributed by atoms with Crippen molar-refractivity contribution in [2.24, 2.45) is 0 Å². The van der Waals surface area contributed by atoms with Gasteiger partial charge in [-0.3, -0.25) is 4.98 Å². The summed E-state index contributed by atoms with van der Waals surface area (Å²) >= 11 is 0. The van der Waals surface area contributed by atoms with Crippen molar-refractivity contribution >= 4 is 0 Å². The summed E-state index contributed by atoms with van der Waals surface area (Å²) in [7, 11) is 0. The molecule has 1 heterocycles. The summed E-state index contributed by atoms with van der Waals surface area (Å²) in [6.07, 6.45) is 3.17. The lowest BCUT2D eigenvalue weighted by Gasteiger charge is -2.04. The standard InChI is InChI=1S/C10H15NO3/c12-5-1-2-6-14-10-4-3-9(8-13)11-7-10/h3-4,7,12-13H,1-2,5-6,8H2. The Morgan fingerprint density at radius 2 is 2.07 bits per heavy atom. The molecule has 4 heteroatoms. The summed E-state index contributed by atoms with van der Waals surface area (Å²) in [5, 5.41) is 17.3. The molecule has 0 aliphatic carbocycles. The van der Waals surface area contributed by atoms with Gasteiger partial charge in [0.1, 0.15) is 5.75 Å². The Labute approximate surface area is 83.2 Å². The third-order valence-corrected chi connectivity index (χ3v) is 1.78. The van der Waals surface area contributed by atoms with Gasteiger partial charge in [0.25, 0.3) is 0 Å². The Hall–Kier alpha value is -1.13. The molecule has 4 nitrogen and oxygen atoms in total. The highest BCUT2D eigenvalue weighted by Crippen LogP contribution is 2.09. The normalized spacial score (nSPS) is 10.1. The SMILES string of the molecule is OCCCCOc1ccc(CO)nc1. The third kappa shape index (κ3) is 3.72. The molecule has 0 bridgehead atoms. The van der Waals surface area contributed by atoms with Crippen LogP contribution >= 0.6 is 0 Å². The maximum Gasteiger partial charge on any atom is 0.137 e. The Kier molecular flexibility index (Phi) is 4.96. The fourth-order valence-electron chi connectivity index (χ4n) is 0.994. The lowest BCUT2D eigenvalue weighted by molar-refractivity contribution is 0.252. The van der Waals surface area contributed by atoms with Gasteiger partial charge in [-0.25, -0.2) is 0 Å². The molecule has 0 radical (unpaired) electrons. The number of aliphatic hydroxyl groups excluding tert-OH is 2. The summed E-state index contributed by atoms with van der Waals surface area (Å²) in [5.41, 5.74) is 0.632. The molecule has 0 fully saturated rings. The predicted molar refractivity (Wildman–Crippen MR) is 52.0 cm³/mol. The van der Waals surface area contributed by atoms with E-state index in [1.54, 1.807) is 18.3 Å². The van der Waals surface area contributed by atoms with Crippen LogP contribution < -0.4 is 4.74 Å². The average molecular weight is 197 g/mol. The molecular formula is C10H15NO3. The molecule has 0 aliphatic rings. The number of pyridine rings is 1. The molecule has 14 heavy (non-hydrogen) atoms. The van der Waals surface area contributed by atoms with Gasteiger partial charge in [0.05, 0.1) is 25.1 Å². The van der Waals surface area contributed by atoms with Gasteiger partial charge in [0.15, 0.2) is 0 Å². The molecule has 0 saturated heterocycles. The number of ether oxygens (including phenoxy) is 1. The summed E-state index contributed by atoms with van der Waals surface area (Å²) in [6, 6.07) is 3.50. The highest BCUT2D eigenvalue weighted by molar-refractivity contribution is 5.19. The second kappa shape index (κ2) is 6.34. The lowest BCUT2D eigenvalue weighted by Crippen LogP contribution is -1.99. The molecule has 0 aliphatic heterocycles. The van der Waals surface area contributed by atoms with E-state index >= 15 is 0 Å². The van der Waals surface area contributed by atoms with Crippen LogP contribution in [0.3, 0.4) is 0 Å². The quantitative estimate of drug-likeness (QED) is 0.660. The average Bonchev–Trinajstić information content (AvgIpc) is 2.25. The van der Waals surface area contributed by atoms with Crippen molar-refractivity contribution in [3.05, 3.63) is 24.0 Å². The van der Waals surface area contributed by atoms with Crippen LogP contribution in [0.2, 0.25) is 0 Å². The number of unbranched alkanes of at least 4 members (excludes halogenated alkanes) is 1. The van der Waals surface area contributed by atoms with Crippen molar-refractivity contribution in [2.75, 3.05) is 13.2 Å². The van der Waals surface area contributed by atoms with Crippen molar-refractivity contribution in [2.45, 2.75) is 19.4 Å². The Balaban J connectivity index is 2.29. The number of hydrogen-bond donors (Lipinski definition) is 2. The minimum atomic E-state index is -0.0508. The first-order valence-electron chi connectivity index (χ1n) is 4.66. The van der Waals surface area contributed by atoms with Crippen LogP contribution in [-0.2, 0) is 6.61 Å². The topological polar surface area (TPSA) is 62.6 Å². The van der Waals surface area contributed by atoms with Gasteiger partial charge in [-0.2, -0.15) is 0 Å². The summed E-state index contributed by atoms with van der Waals surface area (Å²) in [6.45, 7) is 0.733. The molecule has 1 aromatic rings. The van der Waals surface area contributed by atoms with Crippen molar-refractivity contribution in [3.63, 3.8) is 0 Å². The first-order valence-corrected chi connectivity index (χ1v) is 4.66. The molecule has 1 aromatic heterocycles. The van der Waals surface area contributed by atoms with E-state index in [4.69, 9.17) is 14.9 Å². The molecule has 2 N–H and O–H groups in total. The molecule has 0 amide bonds. The van der Waals surface area contributed by atoms with Crippen molar-refractivity contribution < 1.29 is 14.9 Å². The number of hydrogen-bond acceptors (Lipinski definition) is 4. The number of aliphatic hydroxyl groups is 2. The monoisotopic (exact) mass is 197 g/mol. The lowest BCUT2D eigenvalue weighted by atomic mass is 10.3. The van der Waals surface area contributed by atoms with Crippen molar-refractivity contribution in [1.29, 1.82) is 0 Å². The zero-order valence-electron chi connectivity index (χ0n) is 8.02. The Morgan fingerprint density at radius 3 is 2.64 bits per heavy atom. The molecule has 0 atom stereocenters. The minimum Gasteiger partial charge on any atom is -0.492 e. The number of nitrogens with zero attached hydrogens (tertiary/aromatic N) is 1. The molecule has 1 rings (SSSR count). The van der Waals surface area contributed by atoms with E-state index in [1.165, 1.54) is 0 Å². The second-order valence-corrected chi connectivity index (χ2v) is 2.92. The minimum absolute atomic E-state index is 0.0508. The van der Waals surface area contributed by atoms with E-state index in [0.29, 0.717) is 18.1 Å². The summed E-state index contributed by atoms with van der Waals surface area (Å²) in [4.78, 5) is 3.97. The number of rotatable bonds is 6. The van der Waals surface area contributed by atoms with Crippen LogP contribution in [0, 0.1) is 0 Å². The zero-order valence-corrected chi connectivity index (χ0v) is 8.02. The van der Waals surface area contributed by atoms with Gasteiger partial charge >= 0.3 is 0 Å². The van der Waals surface area contributed by atoms with Crippen LogP contribution in [-0.4, -0.2) is 28.4 Å². The van der Waals surface area contributed by atoms with Gasteiger partial charge in [-0.1, -0.05) is 0 Å². The first kappa shape index (κ1) is 10.9. The molecule has 0 unspecified atom stereocenters. The zero-order chi connectivity index (χ0) is 10.2. The van der Waals surface area contributed by atoms with Gasteiger partial charge in [-0.15, -0.1) is 0 Å². The van der Waals surface area contributed by atoms with Crippen LogP contribution in [0.5, 0.6) is 5.75 Å². The van der Waals surface area contributed by atoms with E-state index in [-0.39, 0.29) is 13.2 Å². The van der Waals surface area contributed by atoms with Crippen LogP contribution in [0.25, 0.3) is 0 Å². The second-order valence-electron chi connectivity index (χ2n) is 2.92. The molecule has 0 saturated carbocycles.